The number of hydrogen-bond acceptors (Lipinski definition) is 8. The molecule has 3 aromatic rings. The molecule has 0 radical (unpaired) electrons. The second-order valence-electron chi connectivity index (χ2n) is 6.67. The zero-order valence-electron chi connectivity index (χ0n) is 15.8. The molecule has 1 fully saturated rings. The topological polar surface area (TPSA) is 86.4 Å². The number of hydrogen-bond donors (Lipinski definition) is 0. The highest BCUT2D eigenvalue weighted by Crippen LogP contribution is 2.33. The van der Waals surface area contributed by atoms with E-state index in [-0.39, 0.29) is 6.04 Å². The van der Waals surface area contributed by atoms with E-state index in [0.717, 1.165) is 31.5 Å². The molecule has 1 atom stereocenters. The minimum Gasteiger partial charge on any atom is -0.475 e. The largest absolute Gasteiger partial charge is 0.475 e. The number of ether oxygens (including phenoxy) is 2. The van der Waals surface area contributed by atoms with E-state index in [0.29, 0.717) is 30.8 Å². The zero-order valence-corrected chi connectivity index (χ0v) is 15.8. The van der Waals surface area contributed by atoms with E-state index >= 15 is 0 Å². The molecule has 0 spiro atoms. The van der Waals surface area contributed by atoms with Gasteiger partial charge in [-0.15, -0.1) is 0 Å². The van der Waals surface area contributed by atoms with Crippen molar-refractivity contribution < 1.29 is 14.0 Å². The number of rotatable bonds is 8. The predicted octanol–water partition coefficient (Wildman–Crippen LogP) is 2.89. The molecule has 0 N–H and O–H groups in total. The van der Waals surface area contributed by atoms with Crippen LogP contribution in [0.15, 0.2) is 47.4 Å². The normalized spacial score (nSPS) is 17.1. The summed E-state index contributed by atoms with van der Waals surface area (Å²) in [7, 11) is 1.64. The molecule has 8 nitrogen and oxygen atoms in total. The molecule has 0 amide bonds. The maximum absolute atomic E-state index is 5.59. The van der Waals surface area contributed by atoms with Crippen LogP contribution in [0.5, 0.6) is 5.88 Å². The monoisotopic (exact) mass is 381 g/mol. The van der Waals surface area contributed by atoms with E-state index < -0.39 is 0 Å². The third kappa shape index (κ3) is 4.35. The van der Waals surface area contributed by atoms with Crippen molar-refractivity contribution >= 4 is 0 Å². The first-order chi connectivity index (χ1) is 13.8. The lowest BCUT2D eigenvalue weighted by Crippen LogP contribution is -2.23. The van der Waals surface area contributed by atoms with Crippen molar-refractivity contribution in [2.24, 2.45) is 0 Å². The van der Waals surface area contributed by atoms with Gasteiger partial charge in [-0.25, -0.2) is 4.98 Å². The van der Waals surface area contributed by atoms with Crippen LogP contribution in [0.2, 0.25) is 0 Å². The molecule has 0 aromatic carbocycles. The van der Waals surface area contributed by atoms with Gasteiger partial charge in [-0.1, -0.05) is 5.16 Å². The van der Waals surface area contributed by atoms with E-state index in [1.165, 1.54) is 5.56 Å². The van der Waals surface area contributed by atoms with Gasteiger partial charge in [0.1, 0.15) is 6.61 Å². The van der Waals surface area contributed by atoms with Crippen molar-refractivity contribution in [3.8, 4) is 17.3 Å². The molecule has 4 heterocycles. The molecule has 0 aliphatic carbocycles. The second-order valence-corrected chi connectivity index (χ2v) is 6.67. The highest BCUT2D eigenvalue weighted by atomic mass is 16.5. The number of pyridine rings is 2. The summed E-state index contributed by atoms with van der Waals surface area (Å²) >= 11 is 0. The molecule has 3 aromatic heterocycles. The van der Waals surface area contributed by atoms with Gasteiger partial charge in [0.25, 0.3) is 0 Å². The fraction of sp³-hybridized carbons (Fsp3) is 0.400. The Labute approximate surface area is 163 Å². The summed E-state index contributed by atoms with van der Waals surface area (Å²) in [5, 5.41) is 4.15. The van der Waals surface area contributed by atoms with Gasteiger partial charge in [-0.05, 0) is 43.1 Å². The van der Waals surface area contributed by atoms with Crippen molar-refractivity contribution in [2.45, 2.75) is 25.4 Å². The Kier molecular flexibility index (Phi) is 5.89. The van der Waals surface area contributed by atoms with Gasteiger partial charge in [0, 0.05) is 43.9 Å². The van der Waals surface area contributed by atoms with Crippen LogP contribution in [0, 0.1) is 0 Å². The Morgan fingerprint density at radius 3 is 2.86 bits per heavy atom. The van der Waals surface area contributed by atoms with Gasteiger partial charge in [0.15, 0.2) is 0 Å². The maximum atomic E-state index is 5.59. The Morgan fingerprint density at radius 2 is 2.07 bits per heavy atom. The summed E-state index contributed by atoms with van der Waals surface area (Å²) in [5.41, 5.74) is 2.03. The smallest absolute Gasteiger partial charge is 0.244 e. The molecular formula is C20H23N5O3. The molecule has 0 bridgehead atoms. The first-order valence-corrected chi connectivity index (χ1v) is 9.38. The van der Waals surface area contributed by atoms with Crippen LogP contribution in [0.1, 0.15) is 30.3 Å². The zero-order chi connectivity index (χ0) is 19.2. The number of methoxy groups -OCH3 is 1. The summed E-state index contributed by atoms with van der Waals surface area (Å²) in [6.45, 7) is 2.85. The van der Waals surface area contributed by atoms with Crippen LogP contribution >= 0.6 is 0 Å². The van der Waals surface area contributed by atoms with Crippen LogP contribution in [0.3, 0.4) is 0 Å². The van der Waals surface area contributed by atoms with Crippen molar-refractivity contribution in [1.29, 1.82) is 0 Å². The lowest BCUT2D eigenvalue weighted by molar-refractivity contribution is 0.144. The summed E-state index contributed by atoms with van der Waals surface area (Å²) in [6.07, 6.45) is 7.46. The van der Waals surface area contributed by atoms with Gasteiger partial charge in [0.05, 0.1) is 12.6 Å². The van der Waals surface area contributed by atoms with E-state index in [1.54, 1.807) is 19.4 Å². The minimum atomic E-state index is 0.138. The van der Waals surface area contributed by atoms with Gasteiger partial charge < -0.3 is 14.0 Å². The maximum Gasteiger partial charge on any atom is 0.244 e. The third-order valence-corrected chi connectivity index (χ3v) is 4.76. The first kappa shape index (κ1) is 18.5. The molecule has 28 heavy (non-hydrogen) atoms. The van der Waals surface area contributed by atoms with E-state index in [1.807, 2.05) is 30.6 Å². The van der Waals surface area contributed by atoms with Gasteiger partial charge in [-0.3, -0.25) is 9.88 Å². The average Bonchev–Trinajstić information content (AvgIpc) is 3.39. The molecule has 0 unspecified atom stereocenters. The standard InChI is InChI=1S/C20H23N5O3/c1-26-11-12-27-18-5-4-16(13-22-18)19-23-20(28-24-19)17-3-2-10-25(17)14-15-6-8-21-9-7-15/h4-9,13,17H,2-3,10-12,14H2,1H3/t17-/m0/s1. The number of aromatic nitrogens is 4. The second kappa shape index (κ2) is 8.90. The molecule has 1 aliphatic heterocycles. The third-order valence-electron chi connectivity index (χ3n) is 4.76. The summed E-state index contributed by atoms with van der Waals surface area (Å²) in [5.74, 6) is 1.74. The Hall–Kier alpha value is -2.84. The van der Waals surface area contributed by atoms with Crippen LogP contribution in [-0.4, -0.2) is 51.9 Å². The van der Waals surface area contributed by atoms with Gasteiger partial charge >= 0.3 is 0 Å². The van der Waals surface area contributed by atoms with Gasteiger partial charge in [-0.2, -0.15) is 4.98 Å². The number of nitrogens with zero attached hydrogens (tertiary/aromatic N) is 5. The van der Waals surface area contributed by atoms with E-state index in [9.17, 15) is 0 Å². The molecule has 8 heteroatoms. The van der Waals surface area contributed by atoms with Crippen LogP contribution in [0.25, 0.3) is 11.4 Å². The Balaban J connectivity index is 1.43. The van der Waals surface area contributed by atoms with E-state index in [4.69, 9.17) is 14.0 Å². The van der Waals surface area contributed by atoms with E-state index in [2.05, 4.69) is 25.0 Å². The molecule has 1 aliphatic rings. The minimum absolute atomic E-state index is 0.138. The van der Waals surface area contributed by atoms with Gasteiger partial charge in [0.2, 0.25) is 17.6 Å². The highest BCUT2D eigenvalue weighted by molar-refractivity contribution is 5.53. The molecule has 146 valence electrons. The lowest BCUT2D eigenvalue weighted by atomic mass is 10.2. The fourth-order valence-corrected chi connectivity index (χ4v) is 3.33. The molecular weight excluding hydrogens is 358 g/mol. The van der Waals surface area contributed by atoms with Crippen LogP contribution in [-0.2, 0) is 11.3 Å². The fourth-order valence-electron chi connectivity index (χ4n) is 3.33. The highest BCUT2D eigenvalue weighted by Gasteiger charge is 2.30. The molecule has 1 saturated heterocycles. The number of likely N-dealkylation sites (tertiary alicyclic amines) is 1. The molecule has 0 saturated carbocycles. The predicted molar refractivity (Wildman–Crippen MR) is 102 cm³/mol. The van der Waals surface area contributed by atoms with Crippen LogP contribution in [0.4, 0.5) is 0 Å². The lowest BCUT2D eigenvalue weighted by Gasteiger charge is -2.21. The Bertz CT molecular complexity index is 869. The van der Waals surface area contributed by atoms with Crippen molar-refractivity contribution in [3.63, 3.8) is 0 Å². The summed E-state index contributed by atoms with van der Waals surface area (Å²) in [6, 6.07) is 7.89. The van der Waals surface area contributed by atoms with Crippen LogP contribution < -0.4 is 4.74 Å². The quantitative estimate of drug-likeness (QED) is 0.551. The SMILES string of the molecule is COCCOc1ccc(-c2noc([C@@H]3CCCN3Cc3ccncc3)n2)cn1. The summed E-state index contributed by atoms with van der Waals surface area (Å²) < 4.78 is 16.0. The average molecular weight is 381 g/mol. The Morgan fingerprint density at radius 1 is 1.18 bits per heavy atom. The summed E-state index contributed by atoms with van der Waals surface area (Å²) in [4.78, 5) is 15.4. The van der Waals surface area contributed by atoms with Crippen molar-refractivity contribution in [3.05, 3.63) is 54.3 Å². The first-order valence-electron chi connectivity index (χ1n) is 9.38. The van der Waals surface area contributed by atoms with Crippen molar-refractivity contribution in [1.82, 2.24) is 25.0 Å². The molecule has 4 rings (SSSR count). The van der Waals surface area contributed by atoms with Crippen molar-refractivity contribution in [2.75, 3.05) is 26.9 Å².